The fourth-order valence-electron chi connectivity index (χ4n) is 3.54. The number of hydrogen-bond donors (Lipinski definition) is 1. The van der Waals surface area contributed by atoms with Crippen molar-refractivity contribution in [1.29, 1.82) is 0 Å². The van der Waals surface area contributed by atoms with Gasteiger partial charge in [0.25, 0.3) is 5.91 Å². The summed E-state index contributed by atoms with van der Waals surface area (Å²) >= 11 is 0. The lowest BCUT2D eigenvalue weighted by atomic mass is 9.96. The number of fused-ring (bicyclic) bond motifs is 1. The molecule has 2 aliphatic rings. The molecule has 0 atom stereocenters. The van der Waals surface area contributed by atoms with Crippen LogP contribution in [0.15, 0.2) is 24.3 Å². The number of likely N-dealkylation sites (tertiary alicyclic amines) is 1. The quantitative estimate of drug-likeness (QED) is 0.939. The molecule has 6 nitrogen and oxygen atoms in total. The van der Waals surface area contributed by atoms with Gasteiger partial charge in [-0.05, 0) is 31.0 Å². The number of aromatic nitrogens is 1. The minimum absolute atomic E-state index is 0.0527. The van der Waals surface area contributed by atoms with E-state index in [1.807, 2.05) is 29.2 Å². The molecule has 2 fully saturated rings. The summed E-state index contributed by atoms with van der Waals surface area (Å²) in [6.07, 6.45) is 1.76. The molecule has 0 spiro atoms. The molecule has 0 radical (unpaired) electrons. The Morgan fingerprint density at radius 2 is 1.96 bits per heavy atom. The first-order valence-electron chi connectivity index (χ1n) is 8.44. The van der Waals surface area contributed by atoms with E-state index < -0.39 is 0 Å². The molecule has 128 valence electrons. The van der Waals surface area contributed by atoms with Crippen LogP contribution in [0.2, 0.25) is 0 Å². The second-order valence-electron chi connectivity index (χ2n) is 6.38. The van der Waals surface area contributed by atoms with Crippen molar-refractivity contribution in [3.8, 4) is 5.75 Å². The van der Waals surface area contributed by atoms with Crippen LogP contribution in [0.1, 0.15) is 23.3 Å². The summed E-state index contributed by atoms with van der Waals surface area (Å²) in [4.78, 5) is 17.9. The molecule has 3 heterocycles. The van der Waals surface area contributed by atoms with Crippen molar-refractivity contribution < 1.29 is 19.0 Å². The van der Waals surface area contributed by atoms with E-state index in [-0.39, 0.29) is 12.2 Å². The highest BCUT2D eigenvalue weighted by Crippen LogP contribution is 2.27. The molecule has 2 aliphatic heterocycles. The molecule has 2 saturated heterocycles. The van der Waals surface area contributed by atoms with Gasteiger partial charge in [-0.25, -0.2) is 0 Å². The first-order valence-corrected chi connectivity index (χ1v) is 8.44. The number of hydrogen-bond acceptors (Lipinski definition) is 4. The molecule has 0 saturated carbocycles. The van der Waals surface area contributed by atoms with Gasteiger partial charge in [0, 0.05) is 36.0 Å². The van der Waals surface area contributed by atoms with E-state index in [2.05, 4.69) is 4.98 Å². The highest BCUT2D eigenvalue weighted by Gasteiger charge is 2.32. The van der Waals surface area contributed by atoms with Crippen molar-refractivity contribution in [3.63, 3.8) is 0 Å². The molecule has 2 aromatic rings. The van der Waals surface area contributed by atoms with Gasteiger partial charge in [0.2, 0.25) is 0 Å². The molecule has 6 heteroatoms. The number of aromatic amines is 1. The van der Waals surface area contributed by atoms with E-state index >= 15 is 0 Å². The molecule has 24 heavy (non-hydrogen) atoms. The molecule has 1 N–H and O–H groups in total. The van der Waals surface area contributed by atoms with E-state index in [0.717, 1.165) is 42.6 Å². The number of H-pyrrole nitrogens is 1. The van der Waals surface area contributed by atoms with Crippen LogP contribution in [-0.4, -0.2) is 55.5 Å². The van der Waals surface area contributed by atoms with Crippen LogP contribution in [0, 0.1) is 5.92 Å². The zero-order chi connectivity index (χ0) is 16.5. The second kappa shape index (κ2) is 6.45. The average molecular weight is 330 g/mol. The molecule has 1 aromatic carbocycles. The molecule has 1 aromatic heterocycles. The van der Waals surface area contributed by atoms with Gasteiger partial charge in [-0.15, -0.1) is 0 Å². The van der Waals surface area contributed by atoms with Gasteiger partial charge >= 0.3 is 0 Å². The zero-order valence-corrected chi connectivity index (χ0v) is 13.8. The Morgan fingerprint density at radius 1 is 1.21 bits per heavy atom. The molecule has 1 amide bonds. The summed E-state index contributed by atoms with van der Waals surface area (Å²) < 4.78 is 16.4. The van der Waals surface area contributed by atoms with Gasteiger partial charge in [-0.1, -0.05) is 0 Å². The summed E-state index contributed by atoms with van der Waals surface area (Å²) in [5.74, 6) is 1.22. The number of methoxy groups -OCH3 is 1. The van der Waals surface area contributed by atoms with E-state index in [0.29, 0.717) is 24.8 Å². The van der Waals surface area contributed by atoms with Crippen LogP contribution < -0.4 is 4.74 Å². The lowest BCUT2D eigenvalue weighted by Gasteiger charge is -2.33. The topological polar surface area (TPSA) is 63.8 Å². The number of ether oxygens (including phenoxy) is 3. The number of carbonyl (C=O) groups excluding carboxylic acids is 1. The summed E-state index contributed by atoms with van der Waals surface area (Å²) in [6.45, 7) is 2.85. The van der Waals surface area contributed by atoms with Gasteiger partial charge in [-0.3, -0.25) is 4.79 Å². The first kappa shape index (κ1) is 15.5. The molecule has 0 unspecified atom stereocenters. The minimum Gasteiger partial charge on any atom is -0.497 e. The highest BCUT2D eigenvalue weighted by molar-refractivity contribution is 5.98. The summed E-state index contributed by atoms with van der Waals surface area (Å²) in [5, 5.41) is 1.02. The van der Waals surface area contributed by atoms with Gasteiger partial charge in [0.05, 0.1) is 20.3 Å². The lowest BCUT2D eigenvalue weighted by Crippen LogP contribution is -2.41. The van der Waals surface area contributed by atoms with E-state index in [9.17, 15) is 4.79 Å². The van der Waals surface area contributed by atoms with Crippen molar-refractivity contribution in [2.45, 2.75) is 19.1 Å². The Hall–Kier alpha value is -2.05. The van der Waals surface area contributed by atoms with Crippen LogP contribution in [-0.2, 0) is 9.47 Å². The number of nitrogens with zero attached hydrogens (tertiary/aromatic N) is 1. The Kier molecular flexibility index (Phi) is 4.16. The maximum atomic E-state index is 12.8. The summed E-state index contributed by atoms with van der Waals surface area (Å²) in [7, 11) is 1.64. The van der Waals surface area contributed by atoms with Crippen molar-refractivity contribution in [2.24, 2.45) is 5.92 Å². The van der Waals surface area contributed by atoms with Gasteiger partial charge in [-0.2, -0.15) is 0 Å². The Bertz CT molecular complexity index is 728. The molecular weight excluding hydrogens is 308 g/mol. The largest absolute Gasteiger partial charge is 0.497 e. The fraction of sp³-hybridized carbons (Fsp3) is 0.500. The van der Waals surface area contributed by atoms with Crippen LogP contribution in [0.4, 0.5) is 0 Å². The summed E-state index contributed by atoms with van der Waals surface area (Å²) in [5.41, 5.74) is 1.55. The predicted molar refractivity (Wildman–Crippen MR) is 89.2 cm³/mol. The van der Waals surface area contributed by atoms with Gasteiger partial charge < -0.3 is 24.1 Å². The number of piperidine rings is 1. The smallest absolute Gasteiger partial charge is 0.270 e. The SMILES string of the molecule is COc1ccc2cc(C(=O)N3CCC(C4OCCO4)CC3)[nH]c2c1. The van der Waals surface area contributed by atoms with Crippen molar-refractivity contribution >= 4 is 16.8 Å². The Morgan fingerprint density at radius 3 is 2.67 bits per heavy atom. The third kappa shape index (κ3) is 2.87. The fourth-order valence-corrected chi connectivity index (χ4v) is 3.54. The molecular formula is C18H22N2O4. The third-order valence-electron chi connectivity index (χ3n) is 4.92. The van der Waals surface area contributed by atoms with E-state index in [1.54, 1.807) is 7.11 Å². The minimum atomic E-state index is -0.0807. The Labute approximate surface area is 140 Å². The Balaban J connectivity index is 1.44. The number of benzene rings is 1. The number of rotatable bonds is 3. The van der Waals surface area contributed by atoms with Crippen molar-refractivity contribution in [3.05, 3.63) is 30.0 Å². The third-order valence-corrected chi connectivity index (χ3v) is 4.92. The average Bonchev–Trinajstić information content (AvgIpc) is 3.30. The lowest BCUT2D eigenvalue weighted by molar-refractivity contribution is -0.0956. The van der Waals surface area contributed by atoms with Crippen LogP contribution in [0.5, 0.6) is 5.75 Å². The first-order chi connectivity index (χ1) is 11.7. The van der Waals surface area contributed by atoms with Crippen LogP contribution in [0.25, 0.3) is 10.9 Å². The predicted octanol–water partition coefficient (Wildman–Crippen LogP) is 2.40. The normalized spacial score (nSPS) is 20.0. The maximum Gasteiger partial charge on any atom is 0.270 e. The van der Waals surface area contributed by atoms with Gasteiger partial charge in [0.15, 0.2) is 6.29 Å². The highest BCUT2D eigenvalue weighted by atomic mass is 16.7. The number of amides is 1. The van der Waals surface area contributed by atoms with Gasteiger partial charge in [0.1, 0.15) is 11.4 Å². The molecule has 4 rings (SSSR count). The van der Waals surface area contributed by atoms with Crippen molar-refractivity contribution in [1.82, 2.24) is 9.88 Å². The summed E-state index contributed by atoms with van der Waals surface area (Å²) in [6, 6.07) is 7.68. The molecule has 0 bridgehead atoms. The van der Waals surface area contributed by atoms with Crippen molar-refractivity contribution in [2.75, 3.05) is 33.4 Å². The van der Waals surface area contributed by atoms with Crippen LogP contribution in [0.3, 0.4) is 0 Å². The number of carbonyl (C=O) groups is 1. The maximum absolute atomic E-state index is 12.8. The van der Waals surface area contributed by atoms with E-state index in [4.69, 9.17) is 14.2 Å². The van der Waals surface area contributed by atoms with Crippen LogP contribution >= 0.6 is 0 Å². The van der Waals surface area contributed by atoms with E-state index in [1.165, 1.54) is 0 Å². The molecule has 0 aliphatic carbocycles. The second-order valence-corrected chi connectivity index (χ2v) is 6.38. The monoisotopic (exact) mass is 330 g/mol. The standard InChI is InChI=1S/C18H22N2O4/c1-22-14-3-2-13-10-16(19-15(13)11-14)17(21)20-6-4-12(5-7-20)18-23-8-9-24-18/h2-3,10-12,18-19H,4-9H2,1H3. The zero-order valence-electron chi connectivity index (χ0n) is 13.8. The number of nitrogens with one attached hydrogen (secondary N) is 1.